The largest absolute Gasteiger partial charge is 0.421 e. The number of fused-ring (bicyclic) bond motifs is 1. The number of rotatable bonds is 1. The quantitative estimate of drug-likeness (QED) is 0.530. The van der Waals surface area contributed by atoms with E-state index in [1.807, 2.05) is 30.3 Å². The molecule has 0 spiro atoms. The van der Waals surface area contributed by atoms with Gasteiger partial charge in [-0.3, -0.25) is 4.90 Å². The Morgan fingerprint density at radius 1 is 1.07 bits per heavy atom. The van der Waals surface area contributed by atoms with Gasteiger partial charge in [0.1, 0.15) is 19.9 Å². The van der Waals surface area contributed by atoms with Crippen LogP contribution in [0.1, 0.15) is 5.56 Å². The zero-order valence-corrected chi connectivity index (χ0v) is 16.6. The number of carbonyl (C=O) groups excluding carboxylic acids is 1. The smallest absolute Gasteiger partial charge is 0.410 e. The molecule has 0 fully saturated rings. The maximum absolute atomic E-state index is 13.0. The Kier molecular flexibility index (Phi) is 5.16. The van der Waals surface area contributed by atoms with E-state index in [1.54, 1.807) is 30.3 Å². The summed E-state index contributed by atoms with van der Waals surface area (Å²) in [7, 11) is -1.69. The Bertz CT molecular complexity index is 989. The Hall–Kier alpha value is -3.28. The fraction of sp³-hybridized carbons (Fsp3) is 0.182. The zero-order valence-electron chi connectivity index (χ0n) is 15.6. The maximum Gasteiger partial charge on any atom is 0.421 e. The second-order valence-corrected chi connectivity index (χ2v) is 12.0. The number of amides is 1. The third-order valence-electron chi connectivity index (χ3n) is 3.92. The number of para-hydroxylation sites is 2. The predicted molar refractivity (Wildman–Crippen MR) is 110 cm³/mol. The van der Waals surface area contributed by atoms with Crippen molar-refractivity contribution >= 4 is 25.9 Å². The summed E-state index contributed by atoms with van der Waals surface area (Å²) in [5.74, 6) is 3.62. The Morgan fingerprint density at radius 3 is 2.41 bits per heavy atom. The van der Waals surface area contributed by atoms with Crippen LogP contribution in [0.4, 0.5) is 10.5 Å². The number of carbonyl (C=O) groups is 1. The number of nitriles is 1. The summed E-state index contributed by atoms with van der Waals surface area (Å²) in [6, 6.07) is 17.9. The molecule has 134 valence electrons. The Morgan fingerprint density at radius 2 is 1.74 bits per heavy atom. The van der Waals surface area contributed by atoms with Gasteiger partial charge >= 0.3 is 6.09 Å². The molecule has 0 aliphatic carbocycles. The Balaban J connectivity index is 2.07. The van der Waals surface area contributed by atoms with E-state index in [1.165, 1.54) is 4.90 Å². The van der Waals surface area contributed by atoms with Gasteiger partial charge in [0.2, 0.25) is 0 Å². The molecule has 1 heterocycles. The van der Waals surface area contributed by atoms with E-state index in [4.69, 9.17) is 4.74 Å². The first-order valence-corrected chi connectivity index (χ1v) is 12.2. The lowest BCUT2D eigenvalue weighted by atomic mass is 9.97. The highest BCUT2D eigenvalue weighted by Crippen LogP contribution is 2.33. The van der Waals surface area contributed by atoms with Crippen molar-refractivity contribution in [2.24, 2.45) is 0 Å². The molecule has 1 atom stereocenters. The predicted octanol–water partition coefficient (Wildman–Crippen LogP) is 4.86. The van der Waals surface area contributed by atoms with Gasteiger partial charge in [-0.05, 0) is 29.8 Å². The van der Waals surface area contributed by atoms with Gasteiger partial charge in [0, 0.05) is 0 Å². The second kappa shape index (κ2) is 7.53. The molecule has 1 aliphatic rings. The summed E-state index contributed by atoms with van der Waals surface area (Å²) in [6.07, 6.45) is 1.25. The minimum absolute atomic E-state index is 0.435. The van der Waals surface area contributed by atoms with Crippen LogP contribution in [0.5, 0.6) is 5.75 Å². The van der Waals surface area contributed by atoms with Crippen LogP contribution in [-0.2, 0) is 0 Å². The lowest BCUT2D eigenvalue weighted by molar-refractivity contribution is 0.207. The van der Waals surface area contributed by atoms with Crippen molar-refractivity contribution in [1.29, 1.82) is 5.26 Å². The number of benzene rings is 2. The number of hydrogen-bond donors (Lipinski definition) is 0. The highest BCUT2D eigenvalue weighted by atomic mass is 28.3. The molecular weight excluding hydrogens is 352 g/mol. The van der Waals surface area contributed by atoms with Crippen LogP contribution in [0.25, 0.3) is 6.08 Å². The molecular formula is C22H20N2O2Si. The first-order valence-electron chi connectivity index (χ1n) is 8.68. The van der Waals surface area contributed by atoms with Crippen LogP contribution < -0.4 is 9.64 Å². The molecule has 3 rings (SSSR count). The molecule has 0 radical (unpaired) electrons. The molecule has 4 nitrogen and oxygen atoms in total. The van der Waals surface area contributed by atoms with Gasteiger partial charge in [-0.2, -0.15) is 5.26 Å². The summed E-state index contributed by atoms with van der Waals surface area (Å²) in [5, 5.41) is 9.65. The van der Waals surface area contributed by atoms with Crippen molar-refractivity contribution in [2.45, 2.75) is 25.7 Å². The molecule has 0 aromatic heterocycles. The van der Waals surface area contributed by atoms with Crippen LogP contribution in [-0.4, -0.2) is 20.2 Å². The van der Waals surface area contributed by atoms with E-state index in [2.05, 4.69) is 37.2 Å². The molecule has 5 heteroatoms. The summed E-state index contributed by atoms with van der Waals surface area (Å²) in [6.45, 7) is 6.37. The fourth-order valence-corrected chi connectivity index (χ4v) is 3.29. The SMILES string of the molecule is C[Si](C)(C)C#CC1C(C#N)=Cc2ccccc2N1C(=O)Oc1ccccc1. The number of nitrogens with zero attached hydrogens (tertiary/aromatic N) is 2. The summed E-state index contributed by atoms with van der Waals surface area (Å²) < 4.78 is 5.56. The molecule has 2 aromatic rings. The van der Waals surface area contributed by atoms with Crippen molar-refractivity contribution in [3.05, 3.63) is 65.7 Å². The van der Waals surface area contributed by atoms with Gasteiger partial charge in [-0.15, -0.1) is 5.54 Å². The molecule has 0 bridgehead atoms. The normalized spacial score (nSPS) is 15.6. The van der Waals surface area contributed by atoms with Crippen LogP contribution in [0.15, 0.2) is 60.2 Å². The maximum atomic E-state index is 13.0. The minimum atomic E-state index is -1.69. The zero-order chi connectivity index (χ0) is 19.4. The van der Waals surface area contributed by atoms with E-state index in [-0.39, 0.29) is 0 Å². The number of hydrogen-bond acceptors (Lipinski definition) is 3. The average Bonchev–Trinajstić information content (AvgIpc) is 2.65. The van der Waals surface area contributed by atoms with Crippen LogP contribution in [0.2, 0.25) is 19.6 Å². The first kappa shape index (κ1) is 18.5. The van der Waals surface area contributed by atoms with Gasteiger partial charge in [-0.1, -0.05) is 62.0 Å². The molecule has 0 saturated carbocycles. The summed E-state index contributed by atoms with van der Waals surface area (Å²) in [5.41, 5.74) is 5.20. The van der Waals surface area contributed by atoms with Crippen molar-refractivity contribution in [3.8, 4) is 23.3 Å². The molecule has 2 aromatic carbocycles. The van der Waals surface area contributed by atoms with E-state index < -0.39 is 20.2 Å². The molecule has 1 unspecified atom stereocenters. The highest BCUT2D eigenvalue weighted by Gasteiger charge is 2.33. The first-order chi connectivity index (χ1) is 12.9. The average molecular weight is 373 g/mol. The molecule has 0 saturated heterocycles. The van der Waals surface area contributed by atoms with Crippen molar-refractivity contribution < 1.29 is 9.53 Å². The minimum Gasteiger partial charge on any atom is -0.410 e. The fourth-order valence-electron chi connectivity index (χ4n) is 2.72. The standard InChI is InChI=1S/C22H20N2O2Si/c1-27(2,3)14-13-21-18(16-23)15-17-9-7-8-12-20(17)24(21)22(25)26-19-10-5-4-6-11-19/h4-12,15,21H,1-3H3. The monoisotopic (exact) mass is 372 g/mol. The molecule has 1 amide bonds. The topological polar surface area (TPSA) is 53.3 Å². The van der Waals surface area contributed by atoms with E-state index in [9.17, 15) is 10.1 Å². The van der Waals surface area contributed by atoms with Gasteiger partial charge in [0.25, 0.3) is 0 Å². The van der Waals surface area contributed by atoms with Crippen molar-refractivity contribution in [1.82, 2.24) is 0 Å². The van der Waals surface area contributed by atoms with E-state index in [0.29, 0.717) is 17.0 Å². The van der Waals surface area contributed by atoms with Gasteiger partial charge < -0.3 is 4.74 Å². The molecule has 27 heavy (non-hydrogen) atoms. The van der Waals surface area contributed by atoms with Crippen LogP contribution in [0.3, 0.4) is 0 Å². The van der Waals surface area contributed by atoms with Gasteiger partial charge in [-0.25, -0.2) is 4.79 Å². The molecule has 0 N–H and O–H groups in total. The summed E-state index contributed by atoms with van der Waals surface area (Å²) in [4.78, 5) is 14.5. The summed E-state index contributed by atoms with van der Waals surface area (Å²) >= 11 is 0. The Labute approximate surface area is 160 Å². The lowest BCUT2D eigenvalue weighted by Gasteiger charge is -2.32. The number of anilines is 1. The van der Waals surface area contributed by atoms with Crippen LogP contribution >= 0.6 is 0 Å². The number of ether oxygens (including phenoxy) is 1. The lowest BCUT2D eigenvalue weighted by Crippen LogP contribution is -2.44. The highest BCUT2D eigenvalue weighted by molar-refractivity contribution is 6.83. The van der Waals surface area contributed by atoms with Crippen molar-refractivity contribution in [3.63, 3.8) is 0 Å². The van der Waals surface area contributed by atoms with Crippen LogP contribution in [0, 0.1) is 22.8 Å². The van der Waals surface area contributed by atoms with E-state index in [0.717, 1.165) is 5.56 Å². The second-order valence-electron chi connectivity index (χ2n) is 7.24. The van der Waals surface area contributed by atoms with Gasteiger partial charge in [0.05, 0.1) is 17.3 Å². The van der Waals surface area contributed by atoms with Crippen molar-refractivity contribution in [2.75, 3.05) is 4.90 Å². The third kappa shape index (κ3) is 4.28. The molecule has 1 aliphatic heterocycles. The third-order valence-corrected chi connectivity index (χ3v) is 4.81. The van der Waals surface area contributed by atoms with E-state index >= 15 is 0 Å². The van der Waals surface area contributed by atoms with Gasteiger partial charge in [0.15, 0.2) is 0 Å².